The van der Waals surface area contributed by atoms with E-state index in [0.29, 0.717) is 11.4 Å². The first-order chi connectivity index (χ1) is 16.5. The molecule has 1 aromatic heterocycles. The third kappa shape index (κ3) is 4.44. The van der Waals surface area contributed by atoms with Gasteiger partial charge in [0.1, 0.15) is 5.75 Å². The Hall–Kier alpha value is -3.19. The zero-order valence-corrected chi connectivity index (χ0v) is 20.4. The number of aromatic nitrogens is 1. The van der Waals surface area contributed by atoms with Crippen molar-refractivity contribution in [1.82, 2.24) is 9.29 Å². The Morgan fingerprint density at radius 2 is 1.97 bits per heavy atom. The molecule has 0 bridgehead atoms. The Kier molecular flexibility index (Phi) is 6.13. The number of allylic oxidation sites excluding steroid dienone is 1. The number of rotatable bonds is 9. The summed E-state index contributed by atoms with van der Waals surface area (Å²) in [4.78, 5) is 17.8. The summed E-state index contributed by atoms with van der Waals surface area (Å²) >= 11 is 0. The zero-order valence-electron chi connectivity index (χ0n) is 19.5. The van der Waals surface area contributed by atoms with Gasteiger partial charge in [0.05, 0.1) is 36.3 Å². The van der Waals surface area contributed by atoms with Gasteiger partial charge in [-0.2, -0.15) is 0 Å². The third-order valence-electron chi connectivity index (χ3n) is 6.68. The molecule has 2 aromatic carbocycles. The fourth-order valence-electron chi connectivity index (χ4n) is 4.29. The second-order valence-corrected chi connectivity index (χ2v) is 10.5. The van der Waals surface area contributed by atoms with E-state index in [-0.39, 0.29) is 11.3 Å². The first kappa shape index (κ1) is 22.6. The number of aryl methyl sites for hydroxylation is 1. The fraction of sp³-hybridized carbons (Fsp3) is 0.333. The summed E-state index contributed by atoms with van der Waals surface area (Å²) in [6.45, 7) is 3.06. The molecule has 1 N–H and O–H groups in total. The van der Waals surface area contributed by atoms with Crippen LogP contribution in [0.15, 0.2) is 70.6 Å². The van der Waals surface area contributed by atoms with E-state index >= 15 is 0 Å². The van der Waals surface area contributed by atoms with Crippen molar-refractivity contribution >= 4 is 33.5 Å². The summed E-state index contributed by atoms with van der Waals surface area (Å²) in [5, 5.41) is 4.00. The van der Waals surface area contributed by atoms with E-state index in [4.69, 9.17) is 4.74 Å². The van der Waals surface area contributed by atoms with Gasteiger partial charge in [-0.15, -0.1) is 0 Å². The molecule has 0 saturated heterocycles. The number of carbonyl (C=O) groups is 1. The number of carbonyl (C=O) groups excluding carboxylic acids is 1. The van der Waals surface area contributed by atoms with Crippen molar-refractivity contribution in [3.05, 3.63) is 71.9 Å². The van der Waals surface area contributed by atoms with Crippen LogP contribution in [0.5, 0.6) is 5.75 Å². The topological polar surface area (TPSA) is 72.7 Å². The number of nitrogens with zero attached hydrogens (tertiary/aromatic N) is 2. The van der Waals surface area contributed by atoms with Crippen LogP contribution in [-0.4, -0.2) is 33.5 Å². The summed E-state index contributed by atoms with van der Waals surface area (Å²) in [5.41, 5.74) is 3.54. The van der Waals surface area contributed by atoms with Gasteiger partial charge in [-0.1, -0.05) is 31.2 Å². The van der Waals surface area contributed by atoms with Gasteiger partial charge < -0.3 is 10.1 Å². The highest BCUT2D eigenvalue weighted by Gasteiger charge is 2.44. The maximum absolute atomic E-state index is 13.7. The number of fused-ring (bicyclic) bond motifs is 1. The molecule has 6 nitrogen and oxygen atoms in total. The highest BCUT2D eigenvalue weighted by Crippen LogP contribution is 2.45. The highest BCUT2D eigenvalue weighted by atomic mass is 32.2. The molecule has 1 aliphatic carbocycles. The van der Waals surface area contributed by atoms with Crippen LogP contribution in [0.25, 0.3) is 10.9 Å². The van der Waals surface area contributed by atoms with Crippen LogP contribution >= 0.6 is 0 Å². The number of hydrogen-bond acceptors (Lipinski definition) is 4. The number of hydrogen-bond donors (Lipinski definition) is 1. The van der Waals surface area contributed by atoms with Crippen molar-refractivity contribution in [3.8, 4) is 5.75 Å². The van der Waals surface area contributed by atoms with Crippen molar-refractivity contribution in [1.29, 1.82) is 0 Å². The Morgan fingerprint density at radius 3 is 2.65 bits per heavy atom. The molecule has 1 atom stereocenters. The van der Waals surface area contributed by atoms with E-state index in [2.05, 4.69) is 28.5 Å². The molecule has 5 rings (SSSR count). The SMILES string of the molecule is COc1cc2cc(CNC(=O)C3(C)CC3)n(S(=O)c3ccccc3)c2cc1CCC1=NCC=C1. The first-order valence-electron chi connectivity index (χ1n) is 11.7. The van der Waals surface area contributed by atoms with Crippen LogP contribution in [0.4, 0.5) is 0 Å². The van der Waals surface area contributed by atoms with E-state index < -0.39 is 11.0 Å². The van der Waals surface area contributed by atoms with Gasteiger partial charge in [-0.3, -0.25) is 13.8 Å². The average molecular weight is 476 g/mol. The van der Waals surface area contributed by atoms with Crippen LogP contribution in [0, 0.1) is 5.41 Å². The van der Waals surface area contributed by atoms with Crippen molar-refractivity contribution in [2.75, 3.05) is 13.7 Å². The van der Waals surface area contributed by atoms with E-state index in [0.717, 1.165) is 65.8 Å². The van der Waals surface area contributed by atoms with Gasteiger partial charge >= 0.3 is 0 Å². The van der Waals surface area contributed by atoms with E-state index in [1.54, 1.807) is 7.11 Å². The molecular weight excluding hydrogens is 446 g/mol. The molecule has 0 radical (unpaired) electrons. The quantitative estimate of drug-likeness (QED) is 0.492. The van der Waals surface area contributed by atoms with Crippen molar-refractivity contribution in [3.63, 3.8) is 0 Å². The molecule has 1 unspecified atom stereocenters. The molecule has 1 amide bonds. The second kappa shape index (κ2) is 9.22. The monoisotopic (exact) mass is 475 g/mol. The third-order valence-corrected chi connectivity index (χ3v) is 8.12. The van der Waals surface area contributed by atoms with Crippen LogP contribution in [-0.2, 0) is 28.7 Å². The maximum Gasteiger partial charge on any atom is 0.226 e. The van der Waals surface area contributed by atoms with Crippen LogP contribution in [0.1, 0.15) is 37.4 Å². The predicted molar refractivity (Wildman–Crippen MR) is 136 cm³/mol. The summed E-state index contributed by atoms with van der Waals surface area (Å²) < 4.78 is 21.3. The number of amides is 1. The lowest BCUT2D eigenvalue weighted by Gasteiger charge is -2.14. The minimum absolute atomic E-state index is 0.0541. The summed E-state index contributed by atoms with van der Waals surface area (Å²) in [6, 6.07) is 15.5. The van der Waals surface area contributed by atoms with E-state index in [9.17, 15) is 9.00 Å². The minimum Gasteiger partial charge on any atom is -0.496 e. The average Bonchev–Trinajstić information content (AvgIpc) is 3.26. The standard InChI is InChI=1S/C27H29N3O3S/c1-27(12-13-27)26(31)29-18-22-15-20-17-25(33-2)19(10-11-21-7-6-14-28-21)16-24(20)30(22)34(32)23-8-4-3-5-9-23/h3-9,15-17H,10-14,18H2,1-2H3,(H,29,31). The Morgan fingerprint density at radius 1 is 1.18 bits per heavy atom. The molecular formula is C27H29N3O3S. The van der Waals surface area contributed by atoms with Gasteiger partial charge in [-0.05, 0) is 67.7 Å². The Balaban J connectivity index is 1.54. The van der Waals surface area contributed by atoms with Crippen LogP contribution in [0.2, 0.25) is 0 Å². The summed E-state index contributed by atoms with van der Waals surface area (Å²) in [5.74, 6) is 0.859. The van der Waals surface area contributed by atoms with Crippen LogP contribution < -0.4 is 10.1 Å². The van der Waals surface area contributed by atoms with Gasteiger partial charge in [0.2, 0.25) is 5.91 Å². The van der Waals surface area contributed by atoms with Gasteiger partial charge in [0.25, 0.3) is 0 Å². The molecule has 0 spiro atoms. The summed E-state index contributed by atoms with van der Waals surface area (Å²) in [7, 11) is 0.220. The van der Waals surface area contributed by atoms with Crippen molar-refractivity contribution < 1.29 is 13.7 Å². The number of methoxy groups -OCH3 is 1. The molecule has 1 saturated carbocycles. The zero-order chi connectivity index (χ0) is 23.7. The number of ether oxygens (including phenoxy) is 1. The normalized spacial score (nSPS) is 16.9. The molecule has 34 heavy (non-hydrogen) atoms. The lowest BCUT2D eigenvalue weighted by Crippen LogP contribution is -2.30. The Bertz CT molecular complexity index is 1320. The predicted octanol–water partition coefficient (Wildman–Crippen LogP) is 4.58. The summed E-state index contributed by atoms with van der Waals surface area (Å²) in [6.07, 6.45) is 7.56. The lowest BCUT2D eigenvalue weighted by molar-refractivity contribution is -0.125. The molecule has 1 aliphatic heterocycles. The lowest BCUT2D eigenvalue weighted by atomic mass is 10.0. The second-order valence-electron chi connectivity index (χ2n) is 9.19. The minimum atomic E-state index is -1.46. The number of benzene rings is 2. The van der Waals surface area contributed by atoms with Gasteiger partial charge in [-0.25, -0.2) is 4.21 Å². The van der Waals surface area contributed by atoms with E-state index in [1.807, 2.05) is 53.4 Å². The molecule has 2 heterocycles. The molecule has 2 aliphatic rings. The Labute approximate surface area is 202 Å². The van der Waals surface area contributed by atoms with Crippen molar-refractivity contribution in [2.24, 2.45) is 10.4 Å². The molecule has 7 heteroatoms. The highest BCUT2D eigenvalue weighted by molar-refractivity contribution is 7.83. The van der Waals surface area contributed by atoms with E-state index in [1.165, 1.54) is 0 Å². The maximum atomic E-state index is 13.7. The smallest absolute Gasteiger partial charge is 0.226 e. The number of aliphatic imine (C=N–C) groups is 1. The van der Waals surface area contributed by atoms with Crippen molar-refractivity contribution in [2.45, 2.75) is 44.0 Å². The van der Waals surface area contributed by atoms with Gasteiger partial charge in [0.15, 0.2) is 11.0 Å². The fourth-order valence-corrected chi connectivity index (χ4v) is 5.56. The first-order valence-corrected chi connectivity index (χ1v) is 12.8. The largest absolute Gasteiger partial charge is 0.496 e. The molecule has 176 valence electrons. The van der Waals surface area contributed by atoms with Gasteiger partial charge in [0, 0.05) is 16.5 Å². The number of nitrogens with one attached hydrogen (secondary N) is 1. The molecule has 1 fully saturated rings. The van der Waals surface area contributed by atoms with Crippen LogP contribution in [0.3, 0.4) is 0 Å². The molecule has 3 aromatic rings.